The summed E-state index contributed by atoms with van der Waals surface area (Å²) in [5, 5.41) is 4.19. The molecular formula is C19H23Cl2N3O2. The van der Waals surface area contributed by atoms with E-state index in [-0.39, 0.29) is 11.9 Å². The van der Waals surface area contributed by atoms with Crippen LogP contribution in [0.5, 0.6) is 0 Å². The lowest BCUT2D eigenvalue weighted by molar-refractivity contribution is -0.122. The lowest BCUT2D eigenvalue weighted by Gasteiger charge is -2.31. The largest absolute Gasteiger partial charge is 0.441 e. The number of hydrogen-bond donors (Lipinski definition) is 2. The van der Waals surface area contributed by atoms with Crippen LogP contribution in [0.4, 0.5) is 0 Å². The number of halogens is 2. The van der Waals surface area contributed by atoms with E-state index in [1.807, 2.05) is 0 Å². The van der Waals surface area contributed by atoms with Gasteiger partial charge in [-0.1, -0.05) is 36.0 Å². The number of benzene rings is 1. The topological polar surface area (TPSA) is 81.1 Å². The SMILES string of the molecule is NCC1CCCCC1NC(=O)CCc1ncc(-c2ccc(Cl)cc2Cl)o1. The fourth-order valence-corrected chi connectivity index (χ4v) is 3.92. The second-order valence-corrected chi connectivity index (χ2v) is 7.54. The quantitative estimate of drug-likeness (QED) is 0.766. The number of rotatable bonds is 6. The van der Waals surface area contributed by atoms with E-state index in [4.69, 9.17) is 33.4 Å². The number of hydrogen-bond acceptors (Lipinski definition) is 4. The predicted octanol–water partition coefficient (Wildman–Crippen LogP) is 4.21. The van der Waals surface area contributed by atoms with Gasteiger partial charge < -0.3 is 15.5 Å². The van der Waals surface area contributed by atoms with Gasteiger partial charge in [0.05, 0.1) is 11.2 Å². The molecule has 140 valence electrons. The first-order valence-electron chi connectivity index (χ1n) is 8.96. The number of aromatic nitrogens is 1. The Morgan fingerprint density at radius 1 is 1.31 bits per heavy atom. The Morgan fingerprint density at radius 2 is 2.12 bits per heavy atom. The molecule has 1 aliphatic rings. The lowest BCUT2D eigenvalue weighted by Crippen LogP contribution is -2.44. The third kappa shape index (κ3) is 4.78. The molecule has 1 amide bonds. The highest BCUT2D eigenvalue weighted by atomic mass is 35.5. The molecule has 2 atom stereocenters. The molecule has 3 rings (SSSR count). The Morgan fingerprint density at radius 3 is 2.88 bits per heavy atom. The van der Waals surface area contributed by atoms with Crippen LogP contribution >= 0.6 is 23.2 Å². The zero-order valence-corrected chi connectivity index (χ0v) is 16.0. The van der Waals surface area contributed by atoms with E-state index in [2.05, 4.69) is 10.3 Å². The Balaban J connectivity index is 1.55. The first-order chi connectivity index (χ1) is 12.6. The van der Waals surface area contributed by atoms with Crippen LogP contribution in [-0.2, 0) is 11.2 Å². The maximum atomic E-state index is 12.3. The van der Waals surface area contributed by atoms with Crippen LogP contribution in [0, 0.1) is 5.92 Å². The third-order valence-electron chi connectivity index (χ3n) is 4.87. The Kier molecular flexibility index (Phi) is 6.57. The minimum absolute atomic E-state index is 0.0135. The molecule has 1 saturated carbocycles. The van der Waals surface area contributed by atoms with Crippen molar-refractivity contribution in [3.63, 3.8) is 0 Å². The standard InChI is InChI=1S/C19H23Cl2N3O2/c20-13-5-6-14(15(21)9-13)17-11-23-19(26-17)8-7-18(25)24-16-4-2-1-3-12(16)10-22/h5-6,9,11-12,16H,1-4,7-8,10,22H2,(H,24,25). The van der Waals surface area contributed by atoms with Crippen molar-refractivity contribution in [2.45, 2.75) is 44.6 Å². The summed E-state index contributed by atoms with van der Waals surface area (Å²) in [6.45, 7) is 0.621. The highest BCUT2D eigenvalue weighted by Crippen LogP contribution is 2.31. The summed E-state index contributed by atoms with van der Waals surface area (Å²) in [5.74, 6) is 1.48. The van der Waals surface area contributed by atoms with E-state index in [0.29, 0.717) is 47.0 Å². The zero-order chi connectivity index (χ0) is 18.5. The molecule has 0 saturated heterocycles. The molecule has 1 fully saturated rings. The Hall–Kier alpha value is -1.56. The van der Waals surface area contributed by atoms with E-state index in [1.165, 1.54) is 6.42 Å². The molecular weight excluding hydrogens is 373 g/mol. The Bertz CT molecular complexity index is 763. The van der Waals surface area contributed by atoms with Crippen LogP contribution in [0.3, 0.4) is 0 Å². The van der Waals surface area contributed by atoms with Gasteiger partial charge in [0.2, 0.25) is 5.91 Å². The minimum Gasteiger partial charge on any atom is -0.441 e. The van der Waals surface area contributed by atoms with Crippen molar-refractivity contribution in [1.29, 1.82) is 0 Å². The molecule has 0 bridgehead atoms. The molecule has 1 aromatic heterocycles. The van der Waals surface area contributed by atoms with Crippen LogP contribution in [0.15, 0.2) is 28.8 Å². The summed E-state index contributed by atoms with van der Waals surface area (Å²) in [7, 11) is 0. The van der Waals surface area contributed by atoms with Gasteiger partial charge in [0.25, 0.3) is 0 Å². The number of oxazole rings is 1. The molecule has 7 heteroatoms. The van der Waals surface area contributed by atoms with Gasteiger partial charge in [-0.05, 0) is 43.5 Å². The highest BCUT2D eigenvalue weighted by molar-refractivity contribution is 6.36. The number of carbonyl (C=O) groups is 1. The number of carbonyl (C=O) groups excluding carboxylic acids is 1. The van der Waals surface area contributed by atoms with Gasteiger partial charge in [-0.2, -0.15) is 0 Å². The average molecular weight is 396 g/mol. The molecule has 3 N–H and O–H groups in total. The van der Waals surface area contributed by atoms with Crippen molar-refractivity contribution in [1.82, 2.24) is 10.3 Å². The summed E-state index contributed by atoms with van der Waals surface area (Å²) in [6.07, 6.45) is 6.83. The number of amides is 1. The first-order valence-corrected chi connectivity index (χ1v) is 9.72. The lowest BCUT2D eigenvalue weighted by atomic mass is 9.84. The zero-order valence-electron chi connectivity index (χ0n) is 14.5. The van der Waals surface area contributed by atoms with Crippen molar-refractivity contribution < 1.29 is 9.21 Å². The maximum Gasteiger partial charge on any atom is 0.220 e. The third-order valence-corrected chi connectivity index (χ3v) is 5.42. The highest BCUT2D eigenvalue weighted by Gasteiger charge is 2.25. The fraction of sp³-hybridized carbons (Fsp3) is 0.474. The monoisotopic (exact) mass is 395 g/mol. The summed E-state index contributed by atoms with van der Waals surface area (Å²) in [6, 6.07) is 5.38. The van der Waals surface area contributed by atoms with Gasteiger partial charge in [0, 0.05) is 29.5 Å². The number of aryl methyl sites for hydroxylation is 1. The number of nitrogens with one attached hydrogen (secondary N) is 1. The van der Waals surface area contributed by atoms with E-state index < -0.39 is 0 Å². The summed E-state index contributed by atoms with van der Waals surface area (Å²) >= 11 is 12.1. The molecule has 0 spiro atoms. The molecule has 2 unspecified atom stereocenters. The molecule has 1 aliphatic carbocycles. The minimum atomic E-state index is 0.0135. The van der Waals surface area contributed by atoms with Crippen molar-refractivity contribution in [2.24, 2.45) is 11.7 Å². The Labute approximate surface area is 163 Å². The van der Waals surface area contributed by atoms with Gasteiger partial charge in [-0.25, -0.2) is 4.98 Å². The summed E-state index contributed by atoms with van der Waals surface area (Å²) < 4.78 is 5.73. The predicted molar refractivity (Wildman–Crippen MR) is 103 cm³/mol. The van der Waals surface area contributed by atoms with E-state index in [9.17, 15) is 4.79 Å². The van der Waals surface area contributed by atoms with Crippen molar-refractivity contribution in [3.05, 3.63) is 40.3 Å². The van der Waals surface area contributed by atoms with E-state index >= 15 is 0 Å². The molecule has 0 aliphatic heterocycles. The van der Waals surface area contributed by atoms with Crippen molar-refractivity contribution in [3.8, 4) is 11.3 Å². The van der Waals surface area contributed by atoms with Crippen molar-refractivity contribution >= 4 is 29.1 Å². The van der Waals surface area contributed by atoms with Gasteiger partial charge >= 0.3 is 0 Å². The molecule has 0 radical (unpaired) electrons. The molecule has 1 aromatic carbocycles. The molecule has 26 heavy (non-hydrogen) atoms. The number of nitrogens with two attached hydrogens (primary N) is 1. The van der Waals surface area contributed by atoms with Crippen LogP contribution in [0.2, 0.25) is 10.0 Å². The molecule has 2 aromatic rings. The van der Waals surface area contributed by atoms with Crippen LogP contribution < -0.4 is 11.1 Å². The fourth-order valence-electron chi connectivity index (χ4n) is 3.42. The van der Waals surface area contributed by atoms with Gasteiger partial charge in [-0.3, -0.25) is 4.79 Å². The summed E-state index contributed by atoms with van der Waals surface area (Å²) in [5.41, 5.74) is 6.55. The second-order valence-electron chi connectivity index (χ2n) is 6.70. The van der Waals surface area contributed by atoms with Gasteiger partial charge in [0.1, 0.15) is 0 Å². The van der Waals surface area contributed by atoms with Crippen LogP contribution in [-0.4, -0.2) is 23.5 Å². The smallest absolute Gasteiger partial charge is 0.220 e. The van der Waals surface area contributed by atoms with Gasteiger partial charge in [-0.15, -0.1) is 0 Å². The second kappa shape index (κ2) is 8.89. The summed E-state index contributed by atoms with van der Waals surface area (Å²) in [4.78, 5) is 16.5. The van der Waals surface area contributed by atoms with Crippen molar-refractivity contribution in [2.75, 3.05) is 6.54 Å². The first kappa shape index (κ1) is 19.2. The number of nitrogens with zero attached hydrogens (tertiary/aromatic N) is 1. The maximum absolute atomic E-state index is 12.3. The van der Waals surface area contributed by atoms with E-state index in [1.54, 1.807) is 24.4 Å². The molecule has 5 nitrogen and oxygen atoms in total. The van der Waals surface area contributed by atoms with Crippen LogP contribution in [0.25, 0.3) is 11.3 Å². The van der Waals surface area contributed by atoms with Gasteiger partial charge in [0.15, 0.2) is 11.7 Å². The molecule has 1 heterocycles. The normalized spacial score (nSPS) is 20.1. The average Bonchev–Trinajstić information content (AvgIpc) is 3.09. The van der Waals surface area contributed by atoms with Crippen LogP contribution in [0.1, 0.15) is 38.0 Å². The van der Waals surface area contributed by atoms with E-state index in [0.717, 1.165) is 24.8 Å².